The van der Waals surface area contributed by atoms with Crippen molar-refractivity contribution in [2.24, 2.45) is 5.92 Å². The third kappa shape index (κ3) is 4.20. The second-order valence-electron chi connectivity index (χ2n) is 7.01. The van der Waals surface area contributed by atoms with Crippen molar-refractivity contribution in [2.75, 3.05) is 19.6 Å². The predicted molar refractivity (Wildman–Crippen MR) is 103 cm³/mol. The first-order chi connectivity index (χ1) is 11.3. The van der Waals surface area contributed by atoms with E-state index >= 15 is 0 Å². The first kappa shape index (κ1) is 17.9. The van der Waals surface area contributed by atoms with Gasteiger partial charge >= 0.3 is 0 Å². The van der Waals surface area contributed by atoms with Crippen LogP contribution in [-0.4, -0.2) is 35.6 Å². The monoisotopic (exact) mass is 365 g/mol. The van der Waals surface area contributed by atoms with Crippen LogP contribution in [-0.2, 0) is 6.54 Å². The number of hydrogen-bond acceptors (Lipinski definition) is 3. The average Bonchev–Trinajstić information content (AvgIpc) is 3.41. The Morgan fingerprint density at radius 3 is 2.67 bits per heavy atom. The summed E-state index contributed by atoms with van der Waals surface area (Å²) in [5, 5.41) is 5.60. The van der Waals surface area contributed by atoms with Gasteiger partial charge in [0.15, 0.2) is 0 Å². The summed E-state index contributed by atoms with van der Waals surface area (Å²) in [6, 6.07) is 8.86. The van der Waals surface area contributed by atoms with Gasteiger partial charge in [-0.25, -0.2) is 0 Å². The molecule has 130 valence electrons. The summed E-state index contributed by atoms with van der Waals surface area (Å²) in [5.74, 6) is 0.972. The zero-order valence-corrected chi connectivity index (χ0v) is 15.5. The van der Waals surface area contributed by atoms with Gasteiger partial charge in [-0.15, -0.1) is 12.4 Å². The highest BCUT2D eigenvalue weighted by Crippen LogP contribution is 2.29. The fourth-order valence-corrected chi connectivity index (χ4v) is 3.73. The van der Waals surface area contributed by atoms with Crippen molar-refractivity contribution in [3.63, 3.8) is 0 Å². The molecule has 2 heterocycles. The zero-order chi connectivity index (χ0) is 15.6. The number of likely N-dealkylation sites (tertiary alicyclic amines) is 1. The van der Waals surface area contributed by atoms with Crippen molar-refractivity contribution in [2.45, 2.75) is 38.3 Å². The van der Waals surface area contributed by atoms with Gasteiger partial charge in [0.1, 0.15) is 0 Å². The molecule has 4 rings (SSSR count). The number of rotatable bonds is 5. The lowest BCUT2D eigenvalue weighted by Crippen LogP contribution is -2.42. The van der Waals surface area contributed by atoms with Crippen LogP contribution in [0, 0.1) is 5.92 Å². The van der Waals surface area contributed by atoms with E-state index in [1.54, 1.807) is 0 Å². The molecule has 1 aliphatic heterocycles. The molecule has 0 amide bonds. The van der Waals surface area contributed by atoms with Crippen LogP contribution in [0.5, 0.6) is 0 Å². The van der Waals surface area contributed by atoms with Gasteiger partial charge in [0.05, 0.1) is 5.52 Å². The van der Waals surface area contributed by atoms with Gasteiger partial charge in [-0.2, -0.15) is 0 Å². The van der Waals surface area contributed by atoms with E-state index in [1.807, 2.05) is 18.3 Å². The van der Waals surface area contributed by atoms with Gasteiger partial charge in [0, 0.05) is 29.2 Å². The Bertz CT molecular complexity index is 679. The molecule has 0 spiro atoms. The minimum absolute atomic E-state index is 0. The highest BCUT2D eigenvalue weighted by Gasteiger charge is 2.24. The first-order valence-electron chi connectivity index (χ1n) is 8.77. The topological polar surface area (TPSA) is 28.2 Å². The van der Waals surface area contributed by atoms with Crippen LogP contribution in [0.1, 0.15) is 31.2 Å². The van der Waals surface area contributed by atoms with Crippen molar-refractivity contribution >= 4 is 34.9 Å². The third-order valence-corrected chi connectivity index (χ3v) is 5.50. The molecule has 0 atom stereocenters. The summed E-state index contributed by atoms with van der Waals surface area (Å²) in [7, 11) is 0. The summed E-state index contributed by atoms with van der Waals surface area (Å²) in [6.45, 7) is 4.54. The van der Waals surface area contributed by atoms with Crippen LogP contribution in [0.3, 0.4) is 0 Å². The number of fused-ring (bicyclic) bond motifs is 1. The lowest BCUT2D eigenvalue weighted by Gasteiger charge is -2.32. The molecule has 1 aromatic heterocycles. The number of nitrogens with one attached hydrogen (secondary N) is 1. The molecular weight excluding hydrogens is 341 g/mol. The number of nitrogens with zero attached hydrogens (tertiary/aromatic N) is 2. The van der Waals surface area contributed by atoms with Gasteiger partial charge in [-0.3, -0.25) is 9.88 Å². The van der Waals surface area contributed by atoms with E-state index in [0.29, 0.717) is 6.04 Å². The highest BCUT2D eigenvalue weighted by molar-refractivity contribution is 6.35. The second-order valence-corrected chi connectivity index (χ2v) is 7.42. The van der Waals surface area contributed by atoms with Crippen LogP contribution < -0.4 is 5.32 Å². The standard InChI is InChI=1S/C19H24ClN3.ClH/c20-18-6-5-15(19-17(18)2-1-9-21-19)13-23-10-7-16(8-11-23)22-12-14-3-4-14;/h1-2,5-6,9,14,16,22H,3-4,7-8,10-13H2;1H. The molecule has 1 saturated carbocycles. The minimum Gasteiger partial charge on any atom is -0.314 e. The van der Waals surface area contributed by atoms with E-state index in [9.17, 15) is 0 Å². The molecular formula is C19H25Cl2N3. The van der Waals surface area contributed by atoms with Gasteiger partial charge < -0.3 is 5.32 Å². The van der Waals surface area contributed by atoms with E-state index in [0.717, 1.165) is 28.4 Å². The summed E-state index contributed by atoms with van der Waals surface area (Å²) < 4.78 is 0. The Hall–Kier alpha value is -0.870. The van der Waals surface area contributed by atoms with Crippen LogP contribution in [0.4, 0.5) is 0 Å². The van der Waals surface area contributed by atoms with Gasteiger partial charge in [-0.05, 0) is 75.0 Å². The Morgan fingerprint density at radius 1 is 1.12 bits per heavy atom. The summed E-state index contributed by atoms with van der Waals surface area (Å²) in [6.07, 6.45) is 7.23. The van der Waals surface area contributed by atoms with E-state index < -0.39 is 0 Å². The molecule has 2 aromatic rings. The van der Waals surface area contributed by atoms with Crippen LogP contribution in [0.2, 0.25) is 5.02 Å². The average molecular weight is 366 g/mol. The quantitative estimate of drug-likeness (QED) is 0.856. The molecule has 3 nitrogen and oxygen atoms in total. The fourth-order valence-electron chi connectivity index (χ4n) is 3.52. The third-order valence-electron chi connectivity index (χ3n) is 5.17. The van der Waals surface area contributed by atoms with E-state index in [4.69, 9.17) is 11.6 Å². The van der Waals surface area contributed by atoms with E-state index in [1.165, 1.54) is 50.9 Å². The number of aromatic nitrogens is 1. The minimum atomic E-state index is 0. The largest absolute Gasteiger partial charge is 0.314 e. The number of benzene rings is 1. The Balaban J connectivity index is 0.00000169. The normalized spacial score (nSPS) is 19.4. The lowest BCUT2D eigenvalue weighted by molar-refractivity contribution is 0.190. The second kappa shape index (κ2) is 8.01. The molecule has 0 bridgehead atoms. The number of pyridine rings is 1. The van der Waals surface area contributed by atoms with E-state index in [2.05, 4.69) is 27.3 Å². The predicted octanol–water partition coefficient (Wildman–Crippen LogP) is 4.27. The molecule has 0 unspecified atom stereocenters. The maximum Gasteiger partial charge on any atom is 0.0761 e. The molecule has 1 N–H and O–H groups in total. The van der Waals surface area contributed by atoms with Crippen LogP contribution in [0.25, 0.3) is 10.9 Å². The summed E-state index contributed by atoms with van der Waals surface area (Å²) >= 11 is 6.29. The molecule has 2 aliphatic rings. The van der Waals surface area contributed by atoms with Gasteiger partial charge in [-0.1, -0.05) is 17.7 Å². The van der Waals surface area contributed by atoms with Gasteiger partial charge in [0.2, 0.25) is 0 Å². The highest BCUT2D eigenvalue weighted by atomic mass is 35.5. The molecule has 0 radical (unpaired) electrons. The molecule has 1 aromatic carbocycles. The summed E-state index contributed by atoms with van der Waals surface area (Å²) in [4.78, 5) is 7.10. The fraction of sp³-hybridized carbons (Fsp3) is 0.526. The smallest absolute Gasteiger partial charge is 0.0761 e. The van der Waals surface area contributed by atoms with Crippen molar-refractivity contribution in [3.05, 3.63) is 41.0 Å². The van der Waals surface area contributed by atoms with Crippen molar-refractivity contribution < 1.29 is 0 Å². The first-order valence-corrected chi connectivity index (χ1v) is 9.15. The number of piperidine rings is 1. The molecule has 24 heavy (non-hydrogen) atoms. The van der Waals surface area contributed by atoms with Crippen LogP contribution in [0.15, 0.2) is 30.5 Å². The maximum atomic E-state index is 6.29. The molecule has 1 saturated heterocycles. The number of hydrogen-bond donors (Lipinski definition) is 1. The van der Waals surface area contributed by atoms with Crippen molar-refractivity contribution in [3.8, 4) is 0 Å². The van der Waals surface area contributed by atoms with Crippen molar-refractivity contribution in [1.82, 2.24) is 15.2 Å². The molecule has 1 aliphatic carbocycles. The van der Waals surface area contributed by atoms with E-state index in [-0.39, 0.29) is 12.4 Å². The molecule has 5 heteroatoms. The summed E-state index contributed by atoms with van der Waals surface area (Å²) in [5.41, 5.74) is 2.34. The Labute approximate surface area is 155 Å². The lowest BCUT2D eigenvalue weighted by atomic mass is 10.0. The molecule has 2 fully saturated rings. The van der Waals surface area contributed by atoms with Crippen LogP contribution >= 0.6 is 24.0 Å². The Morgan fingerprint density at radius 2 is 1.92 bits per heavy atom. The zero-order valence-electron chi connectivity index (χ0n) is 13.9. The maximum absolute atomic E-state index is 6.29. The SMILES string of the molecule is Cl.Clc1ccc(CN2CCC(NCC3CC3)CC2)c2ncccc12. The Kier molecular flexibility index (Phi) is 5.98. The van der Waals surface area contributed by atoms with Crippen molar-refractivity contribution in [1.29, 1.82) is 0 Å². The number of halogens is 2. The van der Waals surface area contributed by atoms with Gasteiger partial charge in [0.25, 0.3) is 0 Å².